The lowest BCUT2D eigenvalue weighted by Gasteiger charge is -2.09. The largest absolute Gasteiger partial charge is 0.507 e. The van der Waals surface area contributed by atoms with Crippen molar-refractivity contribution in [3.8, 4) is 5.75 Å². The second-order valence-electron chi connectivity index (χ2n) is 3.66. The highest BCUT2D eigenvalue weighted by Gasteiger charge is 2.05. The van der Waals surface area contributed by atoms with Crippen LogP contribution >= 0.6 is 0 Å². The zero-order valence-electron chi connectivity index (χ0n) is 8.18. The second kappa shape index (κ2) is 3.31. The zero-order chi connectivity index (χ0) is 9.30. The molecule has 66 valence electrons. The molecule has 0 aliphatic carbocycles. The van der Waals surface area contributed by atoms with E-state index in [1.807, 2.05) is 13.8 Å². The van der Waals surface area contributed by atoms with Crippen molar-refractivity contribution in [2.24, 2.45) is 0 Å². The molecule has 0 radical (unpaired) electrons. The Morgan fingerprint density at radius 1 is 1.08 bits per heavy atom. The molecule has 2 heteroatoms. The van der Waals surface area contributed by atoms with Crippen LogP contribution in [0.4, 0.5) is 0 Å². The van der Waals surface area contributed by atoms with Crippen molar-refractivity contribution in [3.05, 3.63) is 23.3 Å². The Bertz CT molecular complexity index is 269. The van der Waals surface area contributed by atoms with E-state index in [1.54, 1.807) is 0 Å². The van der Waals surface area contributed by atoms with E-state index in [4.69, 9.17) is 0 Å². The summed E-state index contributed by atoms with van der Waals surface area (Å²) in [5.41, 5.74) is 2.01. The number of phenols is 1. The summed E-state index contributed by atoms with van der Waals surface area (Å²) in [6.45, 7) is 8.52. The van der Waals surface area contributed by atoms with Gasteiger partial charge in [0.05, 0.1) is 8.80 Å². The molecule has 1 aromatic rings. The van der Waals surface area contributed by atoms with Crippen LogP contribution in [0.15, 0.2) is 12.1 Å². The molecule has 0 fully saturated rings. The molecule has 1 aromatic carbocycles. The molecule has 0 spiro atoms. The van der Waals surface area contributed by atoms with Gasteiger partial charge >= 0.3 is 0 Å². The summed E-state index contributed by atoms with van der Waals surface area (Å²) in [6, 6.07) is 4.22. The van der Waals surface area contributed by atoms with Gasteiger partial charge in [-0.15, -0.1) is 0 Å². The van der Waals surface area contributed by atoms with Gasteiger partial charge in [0.25, 0.3) is 0 Å². The van der Waals surface area contributed by atoms with Gasteiger partial charge in [-0.05, 0) is 25.0 Å². The third kappa shape index (κ3) is 1.69. The number of aromatic hydroxyl groups is 1. The van der Waals surface area contributed by atoms with Crippen LogP contribution in [0.5, 0.6) is 5.75 Å². The lowest BCUT2D eigenvalue weighted by atomic mass is 10.1. The molecule has 1 N–H and O–H groups in total. The van der Waals surface area contributed by atoms with Gasteiger partial charge in [0, 0.05) is 0 Å². The second-order valence-corrected chi connectivity index (χ2v) is 6.63. The van der Waals surface area contributed by atoms with Crippen molar-refractivity contribution in [1.29, 1.82) is 0 Å². The Kier molecular flexibility index (Phi) is 2.57. The molecule has 0 saturated heterocycles. The van der Waals surface area contributed by atoms with Gasteiger partial charge in [-0.2, -0.15) is 0 Å². The fraction of sp³-hybridized carbons (Fsp3) is 0.400. The van der Waals surface area contributed by atoms with Crippen molar-refractivity contribution in [3.63, 3.8) is 0 Å². The topological polar surface area (TPSA) is 20.2 Å². The molecular weight excluding hydrogens is 164 g/mol. The molecular formula is C10H16OSi. The van der Waals surface area contributed by atoms with Gasteiger partial charge in [0.15, 0.2) is 0 Å². The van der Waals surface area contributed by atoms with Crippen LogP contribution in [0.1, 0.15) is 11.1 Å². The first kappa shape index (κ1) is 9.33. The lowest BCUT2D eigenvalue weighted by Crippen LogP contribution is -2.22. The van der Waals surface area contributed by atoms with Crippen LogP contribution in [-0.2, 0) is 0 Å². The molecule has 0 bridgehead atoms. The highest BCUT2D eigenvalue weighted by Crippen LogP contribution is 2.19. The fourth-order valence-electron chi connectivity index (χ4n) is 1.32. The number of phenolic OH excluding ortho intramolecular Hbond substituents is 1. The normalized spacial score (nSPS) is 10.8. The van der Waals surface area contributed by atoms with Gasteiger partial charge in [0.2, 0.25) is 0 Å². The molecule has 0 atom stereocenters. The quantitative estimate of drug-likeness (QED) is 0.652. The van der Waals surface area contributed by atoms with Crippen LogP contribution in [-0.4, -0.2) is 13.9 Å². The molecule has 0 amide bonds. The van der Waals surface area contributed by atoms with Gasteiger partial charge in [0.1, 0.15) is 5.75 Å². The standard InChI is InChI=1S/C10H16OSi/c1-7-5-9(12(3)4)6-8(2)10(7)11/h5-6,11-12H,1-4H3. The van der Waals surface area contributed by atoms with Crippen LogP contribution in [0, 0.1) is 13.8 Å². The average Bonchev–Trinajstić information content (AvgIpc) is 1.99. The molecule has 0 heterocycles. The monoisotopic (exact) mass is 180 g/mol. The summed E-state index contributed by atoms with van der Waals surface area (Å²) >= 11 is 0. The van der Waals surface area contributed by atoms with Crippen LogP contribution < -0.4 is 5.19 Å². The Hall–Kier alpha value is -0.763. The van der Waals surface area contributed by atoms with Crippen LogP contribution in [0.2, 0.25) is 13.1 Å². The van der Waals surface area contributed by atoms with Crippen molar-refractivity contribution in [2.75, 3.05) is 0 Å². The van der Waals surface area contributed by atoms with Gasteiger partial charge in [-0.1, -0.05) is 30.4 Å². The van der Waals surface area contributed by atoms with Gasteiger partial charge < -0.3 is 5.11 Å². The maximum atomic E-state index is 9.53. The summed E-state index contributed by atoms with van der Waals surface area (Å²) in [5, 5.41) is 11.0. The summed E-state index contributed by atoms with van der Waals surface area (Å²) in [7, 11) is -0.717. The smallest absolute Gasteiger partial charge is 0.121 e. The molecule has 0 aromatic heterocycles. The minimum absolute atomic E-state index is 0.452. The number of hydrogen-bond acceptors (Lipinski definition) is 1. The molecule has 0 saturated carbocycles. The van der Waals surface area contributed by atoms with Crippen molar-refractivity contribution in [1.82, 2.24) is 0 Å². The van der Waals surface area contributed by atoms with E-state index in [0.717, 1.165) is 11.1 Å². The minimum atomic E-state index is -0.717. The predicted molar refractivity (Wildman–Crippen MR) is 56.1 cm³/mol. The SMILES string of the molecule is Cc1cc([SiH](C)C)cc(C)c1O. The first-order valence-corrected chi connectivity index (χ1v) is 7.21. The Morgan fingerprint density at radius 3 is 1.83 bits per heavy atom. The Balaban J connectivity index is 3.21. The molecule has 0 aliphatic heterocycles. The Labute approximate surface area is 75.7 Å². The molecule has 1 rings (SSSR count). The summed E-state index contributed by atoms with van der Waals surface area (Å²) in [4.78, 5) is 0. The number of benzene rings is 1. The van der Waals surface area contributed by atoms with Crippen molar-refractivity contribution < 1.29 is 5.11 Å². The number of hydrogen-bond donors (Lipinski definition) is 1. The third-order valence-electron chi connectivity index (χ3n) is 2.18. The van der Waals surface area contributed by atoms with Crippen molar-refractivity contribution >= 4 is 14.0 Å². The summed E-state index contributed by atoms with van der Waals surface area (Å²) in [5.74, 6) is 0.452. The van der Waals surface area contributed by atoms with E-state index in [1.165, 1.54) is 5.19 Å². The average molecular weight is 180 g/mol. The zero-order valence-corrected chi connectivity index (χ0v) is 9.33. The number of rotatable bonds is 1. The third-order valence-corrected chi connectivity index (χ3v) is 3.85. The molecule has 0 aliphatic rings. The number of aryl methyl sites for hydroxylation is 2. The van der Waals surface area contributed by atoms with E-state index in [-0.39, 0.29) is 0 Å². The van der Waals surface area contributed by atoms with E-state index in [0.29, 0.717) is 5.75 Å². The maximum absolute atomic E-state index is 9.53. The first-order chi connectivity index (χ1) is 5.52. The van der Waals surface area contributed by atoms with Crippen LogP contribution in [0.25, 0.3) is 0 Å². The van der Waals surface area contributed by atoms with Gasteiger partial charge in [-0.25, -0.2) is 0 Å². The van der Waals surface area contributed by atoms with Crippen molar-refractivity contribution in [2.45, 2.75) is 26.9 Å². The minimum Gasteiger partial charge on any atom is -0.507 e. The summed E-state index contributed by atoms with van der Waals surface area (Å²) in [6.07, 6.45) is 0. The predicted octanol–water partition coefficient (Wildman–Crippen LogP) is 1.70. The van der Waals surface area contributed by atoms with E-state index in [2.05, 4.69) is 25.2 Å². The molecule has 0 unspecified atom stereocenters. The molecule has 1 nitrogen and oxygen atoms in total. The van der Waals surface area contributed by atoms with E-state index in [9.17, 15) is 5.11 Å². The Morgan fingerprint density at radius 2 is 1.50 bits per heavy atom. The first-order valence-electron chi connectivity index (χ1n) is 4.32. The highest BCUT2D eigenvalue weighted by molar-refractivity contribution is 6.70. The lowest BCUT2D eigenvalue weighted by molar-refractivity contribution is 0.467. The maximum Gasteiger partial charge on any atom is 0.121 e. The highest BCUT2D eigenvalue weighted by atomic mass is 28.3. The van der Waals surface area contributed by atoms with E-state index >= 15 is 0 Å². The van der Waals surface area contributed by atoms with E-state index < -0.39 is 8.80 Å². The molecule has 12 heavy (non-hydrogen) atoms. The summed E-state index contributed by atoms with van der Waals surface area (Å²) < 4.78 is 0. The van der Waals surface area contributed by atoms with Gasteiger partial charge in [-0.3, -0.25) is 0 Å². The van der Waals surface area contributed by atoms with Crippen LogP contribution in [0.3, 0.4) is 0 Å². The fourth-order valence-corrected chi connectivity index (χ4v) is 2.49.